The maximum Gasteiger partial charge on any atom is 0.246 e. The first-order valence-corrected chi connectivity index (χ1v) is 11.8. The Morgan fingerprint density at radius 3 is 2.17 bits per heavy atom. The van der Waals surface area contributed by atoms with Crippen LogP contribution in [0.3, 0.4) is 0 Å². The van der Waals surface area contributed by atoms with Crippen molar-refractivity contribution >= 4 is 27.5 Å². The minimum Gasteiger partial charge on any atom is -0.378 e. The van der Waals surface area contributed by atoms with Crippen LogP contribution in [0.2, 0.25) is 0 Å². The number of carbonyl (C=O) groups is 2. The van der Waals surface area contributed by atoms with Gasteiger partial charge in [-0.15, -0.1) is 0 Å². The molecule has 1 unspecified atom stereocenters. The number of rotatable bonds is 5. The van der Waals surface area contributed by atoms with Crippen molar-refractivity contribution in [2.45, 2.75) is 25.8 Å². The Labute approximate surface area is 172 Å². The number of ether oxygens (including phenoxy) is 1. The van der Waals surface area contributed by atoms with Crippen LogP contribution in [0.25, 0.3) is 0 Å². The van der Waals surface area contributed by atoms with E-state index in [-0.39, 0.29) is 17.7 Å². The van der Waals surface area contributed by atoms with E-state index in [1.54, 1.807) is 42.2 Å². The summed E-state index contributed by atoms with van der Waals surface area (Å²) >= 11 is 0. The van der Waals surface area contributed by atoms with Crippen LogP contribution in [0.1, 0.15) is 19.8 Å². The van der Waals surface area contributed by atoms with Crippen molar-refractivity contribution in [1.29, 1.82) is 0 Å². The molecule has 3 rings (SSSR count). The summed E-state index contributed by atoms with van der Waals surface area (Å²) in [6, 6.07) is 7.79. The van der Waals surface area contributed by atoms with Crippen LogP contribution in [0.5, 0.6) is 0 Å². The van der Waals surface area contributed by atoms with E-state index < -0.39 is 16.1 Å². The third-order valence-electron chi connectivity index (χ3n) is 5.56. The molecule has 8 nitrogen and oxygen atoms in total. The first kappa shape index (κ1) is 21.6. The van der Waals surface area contributed by atoms with Crippen LogP contribution in [0.4, 0.5) is 5.69 Å². The number of amides is 2. The third-order valence-corrected chi connectivity index (χ3v) is 6.80. The molecule has 2 aliphatic heterocycles. The van der Waals surface area contributed by atoms with E-state index in [2.05, 4.69) is 0 Å². The molecular weight excluding hydrogens is 394 g/mol. The normalized spacial score (nSPS) is 19.7. The van der Waals surface area contributed by atoms with Gasteiger partial charge in [0.05, 0.1) is 25.2 Å². The molecule has 0 radical (unpaired) electrons. The number of sulfonamides is 1. The number of nitrogens with zero attached hydrogens (tertiary/aromatic N) is 3. The molecule has 0 aromatic heterocycles. The van der Waals surface area contributed by atoms with Gasteiger partial charge in [-0.25, -0.2) is 8.42 Å². The summed E-state index contributed by atoms with van der Waals surface area (Å²) in [5, 5.41) is 0. The van der Waals surface area contributed by atoms with Crippen LogP contribution >= 0.6 is 0 Å². The van der Waals surface area contributed by atoms with E-state index >= 15 is 0 Å². The summed E-state index contributed by atoms with van der Waals surface area (Å²) in [6.07, 6.45) is 2.30. The van der Waals surface area contributed by atoms with E-state index in [1.165, 1.54) is 4.31 Å². The van der Waals surface area contributed by atoms with Gasteiger partial charge in [-0.2, -0.15) is 0 Å². The molecule has 2 saturated heterocycles. The number of morpholine rings is 1. The van der Waals surface area contributed by atoms with Crippen LogP contribution in [0.15, 0.2) is 30.3 Å². The van der Waals surface area contributed by atoms with Crippen molar-refractivity contribution < 1.29 is 22.7 Å². The maximum atomic E-state index is 13.0. The lowest BCUT2D eigenvalue weighted by molar-refractivity contribution is -0.144. The Kier molecular flexibility index (Phi) is 6.79. The molecule has 2 heterocycles. The highest BCUT2D eigenvalue weighted by Crippen LogP contribution is 2.24. The van der Waals surface area contributed by atoms with E-state index in [4.69, 9.17) is 4.74 Å². The predicted octanol–water partition coefficient (Wildman–Crippen LogP) is 0.939. The molecule has 1 aromatic rings. The van der Waals surface area contributed by atoms with Crippen LogP contribution in [-0.4, -0.2) is 81.7 Å². The number of hydrogen-bond acceptors (Lipinski definition) is 5. The second kappa shape index (κ2) is 9.13. The fourth-order valence-corrected chi connectivity index (χ4v) is 5.20. The summed E-state index contributed by atoms with van der Waals surface area (Å²) in [7, 11) is -3.63. The van der Waals surface area contributed by atoms with Gasteiger partial charge < -0.3 is 14.5 Å². The quantitative estimate of drug-likeness (QED) is 0.703. The zero-order valence-electron chi connectivity index (χ0n) is 17.0. The summed E-state index contributed by atoms with van der Waals surface area (Å²) in [5.41, 5.74) is 0.466. The Balaban J connectivity index is 1.64. The molecule has 0 bridgehead atoms. The summed E-state index contributed by atoms with van der Waals surface area (Å²) in [4.78, 5) is 29.2. The Morgan fingerprint density at radius 1 is 1.03 bits per heavy atom. The highest BCUT2D eigenvalue weighted by molar-refractivity contribution is 7.92. The summed E-state index contributed by atoms with van der Waals surface area (Å²) in [6.45, 7) is 4.90. The lowest BCUT2D eigenvalue weighted by Crippen LogP contribution is -2.53. The van der Waals surface area contributed by atoms with Crippen molar-refractivity contribution in [3.63, 3.8) is 0 Å². The van der Waals surface area contributed by atoms with Gasteiger partial charge in [0, 0.05) is 32.1 Å². The first-order valence-electron chi connectivity index (χ1n) is 9.99. The van der Waals surface area contributed by atoms with Crippen molar-refractivity contribution in [1.82, 2.24) is 9.80 Å². The minimum absolute atomic E-state index is 0.0902. The molecule has 0 N–H and O–H groups in total. The van der Waals surface area contributed by atoms with Gasteiger partial charge in [-0.1, -0.05) is 18.2 Å². The van der Waals surface area contributed by atoms with E-state index in [0.717, 1.165) is 6.26 Å². The zero-order valence-corrected chi connectivity index (χ0v) is 17.8. The first-order chi connectivity index (χ1) is 13.8. The van der Waals surface area contributed by atoms with E-state index in [9.17, 15) is 18.0 Å². The molecule has 2 amide bonds. The zero-order chi connectivity index (χ0) is 21.0. The molecule has 1 atom stereocenters. The largest absolute Gasteiger partial charge is 0.378 e. The smallest absolute Gasteiger partial charge is 0.246 e. The molecule has 0 spiro atoms. The standard InChI is InChI=1S/C20H29N3O5S/c1-16(23(29(2,26)27)18-6-4-3-5-7-18)19(24)21-10-8-17(9-11-21)20(25)22-12-14-28-15-13-22/h3-7,16-17H,8-15H2,1-2H3. The maximum absolute atomic E-state index is 13.0. The molecule has 29 heavy (non-hydrogen) atoms. The van der Waals surface area contributed by atoms with Gasteiger partial charge >= 0.3 is 0 Å². The highest BCUT2D eigenvalue weighted by atomic mass is 32.2. The number of carbonyl (C=O) groups excluding carboxylic acids is 2. The molecule has 2 aliphatic rings. The fourth-order valence-electron chi connectivity index (χ4n) is 4.03. The van der Waals surface area contributed by atoms with Crippen LogP contribution < -0.4 is 4.31 Å². The van der Waals surface area contributed by atoms with Gasteiger partial charge in [0.25, 0.3) is 0 Å². The second-order valence-electron chi connectivity index (χ2n) is 7.61. The third kappa shape index (κ3) is 5.08. The average Bonchev–Trinajstić information content (AvgIpc) is 2.73. The second-order valence-corrected chi connectivity index (χ2v) is 9.47. The van der Waals surface area contributed by atoms with Gasteiger partial charge in [0.15, 0.2) is 0 Å². The van der Waals surface area contributed by atoms with Gasteiger partial charge in [0.1, 0.15) is 6.04 Å². The average molecular weight is 424 g/mol. The van der Waals surface area contributed by atoms with Gasteiger partial charge in [0.2, 0.25) is 21.8 Å². The topological polar surface area (TPSA) is 87.2 Å². The molecule has 1 aromatic carbocycles. The van der Waals surface area contributed by atoms with Crippen molar-refractivity contribution in [3.05, 3.63) is 30.3 Å². The number of anilines is 1. The minimum atomic E-state index is -3.63. The molecular formula is C20H29N3O5S. The molecule has 2 fully saturated rings. The van der Waals surface area contributed by atoms with Crippen molar-refractivity contribution in [2.24, 2.45) is 5.92 Å². The Bertz CT molecular complexity index is 816. The lowest BCUT2D eigenvalue weighted by Gasteiger charge is -2.38. The monoisotopic (exact) mass is 423 g/mol. The van der Waals surface area contributed by atoms with E-state index in [1.807, 2.05) is 4.90 Å². The Morgan fingerprint density at radius 2 is 1.62 bits per heavy atom. The Hall–Kier alpha value is -2.13. The SMILES string of the molecule is CC(C(=O)N1CCC(C(=O)N2CCOCC2)CC1)N(c1ccccc1)S(C)(=O)=O. The van der Waals surface area contributed by atoms with Crippen molar-refractivity contribution in [3.8, 4) is 0 Å². The number of likely N-dealkylation sites (tertiary alicyclic amines) is 1. The van der Waals surface area contributed by atoms with E-state index in [0.29, 0.717) is 57.9 Å². The number of piperidine rings is 1. The summed E-state index contributed by atoms with van der Waals surface area (Å²) < 4.78 is 31.2. The highest BCUT2D eigenvalue weighted by Gasteiger charge is 2.35. The molecule has 0 saturated carbocycles. The number of para-hydroxylation sites is 1. The predicted molar refractivity (Wildman–Crippen MR) is 110 cm³/mol. The summed E-state index contributed by atoms with van der Waals surface area (Å²) in [5.74, 6) is -0.195. The molecule has 160 valence electrons. The van der Waals surface area contributed by atoms with Crippen LogP contribution in [-0.2, 0) is 24.3 Å². The lowest BCUT2D eigenvalue weighted by atomic mass is 9.94. The molecule has 0 aliphatic carbocycles. The van der Waals surface area contributed by atoms with Crippen LogP contribution in [0, 0.1) is 5.92 Å². The molecule has 9 heteroatoms. The number of benzene rings is 1. The fraction of sp³-hybridized carbons (Fsp3) is 0.600. The van der Waals surface area contributed by atoms with Gasteiger partial charge in [-0.3, -0.25) is 13.9 Å². The number of hydrogen-bond donors (Lipinski definition) is 0. The van der Waals surface area contributed by atoms with Crippen molar-refractivity contribution in [2.75, 3.05) is 50.0 Å². The van der Waals surface area contributed by atoms with Gasteiger partial charge in [-0.05, 0) is 31.9 Å².